The van der Waals surface area contributed by atoms with Crippen molar-refractivity contribution in [2.75, 3.05) is 0 Å². The lowest BCUT2D eigenvalue weighted by Gasteiger charge is -2.16. The summed E-state index contributed by atoms with van der Waals surface area (Å²) < 4.78 is 65.0. The summed E-state index contributed by atoms with van der Waals surface area (Å²) in [5, 5.41) is 0. The van der Waals surface area contributed by atoms with E-state index in [1.807, 2.05) is 0 Å². The molecule has 3 nitrogen and oxygen atoms in total. The average molecular weight is 256 g/mol. The molecular weight excluding hydrogens is 247 g/mol. The number of hydrogen-bond acceptors (Lipinski definition) is 3. The van der Waals surface area contributed by atoms with Gasteiger partial charge in [-0.15, -0.1) is 13.2 Å². The highest BCUT2D eigenvalue weighted by atomic mass is 19.4. The minimum Gasteiger partial charge on any atom is -0.403 e. The number of ether oxygens (including phenoxy) is 1. The molecule has 1 aromatic rings. The third-order valence-electron chi connectivity index (χ3n) is 2.01. The van der Waals surface area contributed by atoms with Gasteiger partial charge >= 0.3 is 6.36 Å². The Bertz CT molecular complexity index is 405. The van der Waals surface area contributed by atoms with Crippen LogP contribution in [-0.2, 0) is 6.54 Å². The van der Waals surface area contributed by atoms with Gasteiger partial charge in [-0.05, 0) is 6.92 Å². The lowest BCUT2D eigenvalue weighted by molar-refractivity contribution is -0.275. The van der Waals surface area contributed by atoms with Crippen molar-refractivity contribution >= 4 is 0 Å². The molecule has 0 spiro atoms. The van der Waals surface area contributed by atoms with Crippen molar-refractivity contribution in [1.82, 2.24) is 4.98 Å². The number of pyridine rings is 1. The molecular formula is C9H9F5N2O. The van der Waals surface area contributed by atoms with Crippen LogP contribution in [0.1, 0.15) is 23.2 Å². The Labute approximate surface area is 93.4 Å². The van der Waals surface area contributed by atoms with Gasteiger partial charge in [0.25, 0.3) is 6.43 Å². The van der Waals surface area contributed by atoms with Crippen molar-refractivity contribution in [1.29, 1.82) is 0 Å². The number of aromatic nitrogens is 1. The number of rotatable bonds is 3. The van der Waals surface area contributed by atoms with Gasteiger partial charge in [-0.3, -0.25) is 4.98 Å². The molecule has 17 heavy (non-hydrogen) atoms. The summed E-state index contributed by atoms with van der Waals surface area (Å²) in [6.45, 7) is 0.726. The van der Waals surface area contributed by atoms with E-state index in [1.165, 1.54) is 6.92 Å². The van der Waals surface area contributed by atoms with E-state index in [9.17, 15) is 22.0 Å². The van der Waals surface area contributed by atoms with E-state index >= 15 is 0 Å². The second kappa shape index (κ2) is 4.82. The minimum absolute atomic E-state index is 0.146. The Kier molecular flexibility index (Phi) is 3.87. The third-order valence-corrected chi connectivity index (χ3v) is 2.01. The highest BCUT2D eigenvalue weighted by Gasteiger charge is 2.34. The lowest BCUT2D eigenvalue weighted by Crippen LogP contribution is -2.20. The molecule has 0 radical (unpaired) electrons. The second-order valence-electron chi connectivity index (χ2n) is 3.16. The Balaban J connectivity index is 3.30. The maximum absolute atomic E-state index is 12.5. The molecule has 8 heteroatoms. The quantitative estimate of drug-likeness (QED) is 0.846. The van der Waals surface area contributed by atoms with E-state index in [4.69, 9.17) is 5.73 Å². The van der Waals surface area contributed by atoms with Gasteiger partial charge in [0.05, 0.1) is 5.69 Å². The molecule has 0 fully saturated rings. The van der Waals surface area contributed by atoms with Crippen molar-refractivity contribution in [3.05, 3.63) is 23.0 Å². The highest BCUT2D eigenvalue weighted by Crippen LogP contribution is 2.34. The summed E-state index contributed by atoms with van der Waals surface area (Å²) in [4.78, 5) is 3.43. The zero-order valence-corrected chi connectivity index (χ0v) is 8.68. The van der Waals surface area contributed by atoms with Crippen molar-refractivity contribution in [3.8, 4) is 5.75 Å². The predicted molar refractivity (Wildman–Crippen MR) is 48.5 cm³/mol. The van der Waals surface area contributed by atoms with E-state index in [1.54, 1.807) is 0 Å². The first-order chi connectivity index (χ1) is 7.76. The van der Waals surface area contributed by atoms with Crippen LogP contribution in [0, 0.1) is 6.92 Å². The zero-order chi connectivity index (χ0) is 13.2. The minimum atomic E-state index is -4.98. The third kappa shape index (κ3) is 3.26. The molecule has 1 heterocycles. The SMILES string of the molecule is Cc1ncc(C(F)F)c(CN)c1OC(F)(F)F. The van der Waals surface area contributed by atoms with Crippen molar-refractivity contribution in [2.45, 2.75) is 26.3 Å². The predicted octanol–water partition coefficient (Wildman–Crippen LogP) is 2.68. The average Bonchev–Trinajstić information content (AvgIpc) is 2.18. The fourth-order valence-corrected chi connectivity index (χ4v) is 1.30. The molecule has 2 N–H and O–H groups in total. The van der Waals surface area contributed by atoms with Crippen LogP contribution in [0.25, 0.3) is 0 Å². The Morgan fingerprint density at radius 1 is 1.41 bits per heavy atom. The van der Waals surface area contributed by atoms with Gasteiger partial charge in [0, 0.05) is 23.9 Å². The first kappa shape index (κ1) is 13.6. The summed E-state index contributed by atoms with van der Waals surface area (Å²) >= 11 is 0. The van der Waals surface area contributed by atoms with E-state index in [0.29, 0.717) is 0 Å². The summed E-state index contributed by atoms with van der Waals surface area (Å²) in [6.07, 6.45) is -7.14. The summed E-state index contributed by atoms with van der Waals surface area (Å²) in [6, 6.07) is 0. The maximum atomic E-state index is 12.5. The van der Waals surface area contributed by atoms with E-state index in [-0.39, 0.29) is 11.3 Å². The summed E-state index contributed by atoms with van der Waals surface area (Å²) in [7, 11) is 0. The van der Waals surface area contributed by atoms with Crippen molar-refractivity contribution in [3.63, 3.8) is 0 Å². The van der Waals surface area contributed by atoms with Crippen LogP contribution >= 0.6 is 0 Å². The van der Waals surface area contributed by atoms with E-state index in [2.05, 4.69) is 9.72 Å². The molecule has 0 aromatic carbocycles. The number of nitrogens with two attached hydrogens (primary N) is 1. The summed E-state index contributed by atoms with van der Waals surface area (Å²) in [5.74, 6) is -0.752. The fourth-order valence-electron chi connectivity index (χ4n) is 1.30. The van der Waals surface area contributed by atoms with Crippen molar-refractivity contribution in [2.24, 2.45) is 5.73 Å². The number of aryl methyl sites for hydroxylation is 1. The van der Waals surface area contributed by atoms with Crippen LogP contribution < -0.4 is 10.5 Å². The molecule has 0 aliphatic heterocycles. The Hall–Kier alpha value is -1.44. The monoisotopic (exact) mass is 256 g/mol. The number of alkyl halides is 5. The van der Waals surface area contributed by atoms with Crippen molar-refractivity contribution < 1.29 is 26.7 Å². The molecule has 1 rings (SSSR count). The molecule has 0 amide bonds. The van der Waals surface area contributed by atoms with Crippen LogP contribution in [0.5, 0.6) is 5.75 Å². The molecule has 96 valence electrons. The first-order valence-corrected chi connectivity index (χ1v) is 4.48. The second-order valence-corrected chi connectivity index (χ2v) is 3.16. The van der Waals surface area contributed by atoms with Crippen LogP contribution in [0.15, 0.2) is 6.20 Å². The Morgan fingerprint density at radius 3 is 2.41 bits per heavy atom. The number of nitrogens with zero attached hydrogens (tertiary/aromatic N) is 1. The molecule has 0 saturated carbocycles. The lowest BCUT2D eigenvalue weighted by atomic mass is 10.1. The summed E-state index contributed by atoms with van der Waals surface area (Å²) in [5.41, 5.74) is 3.98. The van der Waals surface area contributed by atoms with Gasteiger partial charge < -0.3 is 10.5 Å². The van der Waals surface area contributed by atoms with Crippen LogP contribution in [-0.4, -0.2) is 11.3 Å². The smallest absolute Gasteiger partial charge is 0.403 e. The molecule has 0 bridgehead atoms. The highest BCUT2D eigenvalue weighted by molar-refractivity contribution is 5.42. The number of hydrogen-bond donors (Lipinski definition) is 1. The Morgan fingerprint density at radius 2 is 2.00 bits per heavy atom. The van der Waals surface area contributed by atoms with Gasteiger partial charge in [-0.1, -0.05) is 0 Å². The van der Waals surface area contributed by atoms with Gasteiger partial charge in [-0.2, -0.15) is 0 Å². The van der Waals surface area contributed by atoms with Crippen LogP contribution in [0.4, 0.5) is 22.0 Å². The van der Waals surface area contributed by atoms with E-state index < -0.39 is 30.6 Å². The molecule has 1 aromatic heterocycles. The number of halogens is 5. The molecule has 0 saturated heterocycles. The van der Waals surface area contributed by atoms with Gasteiger partial charge in [0.2, 0.25) is 0 Å². The van der Waals surface area contributed by atoms with Gasteiger partial charge in [0.15, 0.2) is 5.75 Å². The fraction of sp³-hybridized carbons (Fsp3) is 0.444. The standard InChI is InChI=1S/C9H9F5N2O/c1-4-7(17-9(12,13)14)5(2-15)6(3-16-4)8(10)11/h3,8H,2,15H2,1H3. The van der Waals surface area contributed by atoms with E-state index in [0.717, 1.165) is 6.20 Å². The first-order valence-electron chi connectivity index (χ1n) is 4.48. The van der Waals surface area contributed by atoms with Crippen LogP contribution in [0.2, 0.25) is 0 Å². The van der Waals surface area contributed by atoms with Gasteiger partial charge in [0.1, 0.15) is 0 Å². The topological polar surface area (TPSA) is 48.1 Å². The maximum Gasteiger partial charge on any atom is 0.573 e. The molecule has 0 aliphatic carbocycles. The van der Waals surface area contributed by atoms with Gasteiger partial charge in [-0.25, -0.2) is 8.78 Å². The molecule has 0 unspecified atom stereocenters. The largest absolute Gasteiger partial charge is 0.573 e. The molecule has 0 aliphatic rings. The van der Waals surface area contributed by atoms with Crippen LogP contribution in [0.3, 0.4) is 0 Å². The molecule has 0 atom stereocenters. The zero-order valence-electron chi connectivity index (χ0n) is 8.68. The normalized spacial score (nSPS) is 12.0.